The van der Waals surface area contributed by atoms with Gasteiger partial charge in [0.05, 0.1) is 0 Å². The largest absolute Gasteiger partial charge is 0.364 e. The fraction of sp³-hybridized carbons (Fsp3) is 0.643. The molecule has 0 aromatic carbocycles. The first-order chi connectivity index (χ1) is 10.2. The summed E-state index contributed by atoms with van der Waals surface area (Å²) in [5.74, 6) is 0.848. The molecule has 2 unspecified atom stereocenters. The molecule has 0 saturated carbocycles. The lowest BCUT2D eigenvalue weighted by Gasteiger charge is -2.40. The highest BCUT2D eigenvalue weighted by Gasteiger charge is 2.28. The molecule has 7 nitrogen and oxygen atoms in total. The lowest BCUT2D eigenvalue weighted by Crippen LogP contribution is -2.51. The van der Waals surface area contributed by atoms with E-state index in [1.807, 2.05) is 12.1 Å². The number of hydrogen-bond donors (Lipinski definition) is 2. The number of piperidine rings is 1. The van der Waals surface area contributed by atoms with Crippen molar-refractivity contribution in [3.05, 3.63) is 22.6 Å². The second-order valence-electron chi connectivity index (χ2n) is 5.59. The maximum atomic E-state index is 11.7. The van der Waals surface area contributed by atoms with Gasteiger partial charge in [-0.1, -0.05) is 6.92 Å². The normalized spacial score (nSPS) is 20.9. The molecule has 2 aromatic heterocycles. The highest BCUT2D eigenvalue weighted by molar-refractivity contribution is 5.46. The van der Waals surface area contributed by atoms with Gasteiger partial charge < -0.3 is 10.2 Å². The summed E-state index contributed by atoms with van der Waals surface area (Å²) in [7, 11) is 0. The number of anilines is 1. The van der Waals surface area contributed by atoms with Gasteiger partial charge in [-0.25, -0.2) is 9.89 Å². The van der Waals surface area contributed by atoms with E-state index in [4.69, 9.17) is 0 Å². The Morgan fingerprint density at radius 1 is 1.48 bits per heavy atom. The van der Waals surface area contributed by atoms with Crippen LogP contribution in [0.15, 0.2) is 16.9 Å². The number of fused-ring (bicyclic) bond motifs is 1. The van der Waals surface area contributed by atoms with Crippen LogP contribution in [0.25, 0.3) is 5.65 Å². The molecule has 1 fully saturated rings. The minimum absolute atomic E-state index is 0.292. The summed E-state index contributed by atoms with van der Waals surface area (Å²) in [6.07, 6.45) is 3.55. The zero-order valence-electron chi connectivity index (χ0n) is 12.5. The molecule has 1 saturated heterocycles. The van der Waals surface area contributed by atoms with E-state index in [1.54, 1.807) is 0 Å². The molecule has 2 aromatic rings. The van der Waals surface area contributed by atoms with Crippen molar-refractivity contribution >= 4 is 11.5 Å². The molecular formula is C14H22N6O. The summed E-state index contributed by atoms with van der Waals surface area (Å²) < 4.78 is 1.33. The molecule has 3 heterocycles. The Balaban J connectivity index is 1.93. The van der Waals surface area contributed by atoms with Gasteiger partial charge in [0.15, 0.2) is 5.65 Å². The Morgan fingerprint density at radius 2 is 2.33 bits per heavy atom. The lowest BCUT2D eigenvalue weighted by atomic mass is 9.96. The van der Waals surface area contributed by atoms with E-state index < -0.39 is 0 Å². The van der Waals surface area contributed by atoms with Crippen LogP contribution >= 0.6 is 0 Å². The summed E-state index contributed by atoms with van der Waals surface area (Å²) in [5.41, 5.74) is 0.261. The fourth-order valence-corrected chi connectivity index (χ4v) is 3.17. The molecule has 2 N–H and O–H groups in total. The molecule has 21 heavy (non-hydrogen) atoms. The van der Waals surface area contributed by atoms with Crippen LogP contribution in [0, 0.1) is 0 Å². The van der Waals surface area contributed by atoms with Crippen LogP contribution in [0.5, 0.6) is 0 Å². The third-order valence-corrected chi connectivity index (χ3v) is 4.21. The molecule has 0 bridgehead atoms. The number of nitrogens with one attached hydrogen (secondary N) is 2. The molecule has 114 valence electrons. The molecule has 0 spiro atoms. The Labute approximate surface area is 123 Å². The van der Waals surface area contributed by atoms with Gasteiger partial charge in [0.2, 0.25) is 0 Å². The lowest BCUT2D eigenvalue weighted by molar-refractivity contribution is 0.369. The zero-order chi connectivity index (χ0) is 14.8. The van der Waals surface area contributed by atoms with Crippen molar-refractivity contribution in [2.75, 3.05) is 18.0 Å². The Morgan fingerprint density at radius 3 is 3.14 bits per heavy atom. The SMILES string of the molecule is CCNC(C)C1CCCCN1c1ccc2n[nH]c(=O)n2n1. The van der Waals surface area contributed by atoms with Crippen molar-refractivity contribution in [3.63, 3.8) is 0 Å². The van der Waals surface area contributed by atoms with E-state index in [2.05, 4.69) is 39.4 Å². The van der Waals surface area contributed by atoms with E-state index in [-0.39, 0.29) is 5.69 Å². The van der Waals surface area contributed by atoms with E-state index >= 15 is 0 Å². The molecule has 0 amide bonds. The average molecular weight is 290 g/mol. The van der Waals surface area contributed by atoms with Gasteiger partial charge in [0.25, 0.3) is 0 Å². The third kappa shape index (κ3) is 2.65. The van der Waals surface area contributed by atoms with Crippen LogP contribution in [0.2, 0.25) is 0 Å². The second kappa shape index (κ2) is 5.85. The monoisotopic (exact) mass is 290 g/mol. The van der Waals surface area contributed by atoms with Gasteiger partial charge in [-0.2, -0.15) is 9.61 Å². The summed E-state index contributed by atoms with van der Waals surface area (Å²) in [6.45, 7) is 6.28. The van der Waals surface area contributed by atoms with Gasteiger partial charge in [0, 0.05) is 18.6 Å². The maximum absolute atomic E-state index is 11.7. The number of aromatic nitrogens is 4. The van der Waals surface area contributed by atoms with Gasteiger partial charge in [-0.05, 0) is 44.9 Å². The van der Waals surface area contributed by atoms with Crippen LogP contribution in [-0.2, 0) is 0 Å². The minimum atomic E-state index is -0.292. The van der Waals surface area contributed by atoms with Gasteiger partial charge in [0.1, 0.15) is 5.82 Å². The quantitative estimate of drug-likeness (QED) is 0.870. The maximum Gasteiger partial charge on any atom is 0.364 e. The predicted molar refractivity (Wildman–Crippen MR) is 81.7 cm³/mol. The third-order valence-electron chi connectivity index (χ3n) is 4.21. The molecule has 7 heteroatoms. The topological polar surface area (TPSA) is 78.3 Å². The number of rotatable bonds is 4. The number of nitrogens with zero attached hydrogens (tertiary/aromatic N) is 4. The Kier molecular flexibility index (Phi) is 3.92. The number of likely N-dealkylation sites (N-methyl/N-ethyl adjacent to an activating group) is 1. The molecule has 3 rings (SSSR count). The van der Waals surface area contributed by atoms with Crippen LogP contribution in [-0.4, -0.2) is 45.0 Å². The molecule has 2 atom stereocenters. The van der Waals surface area contributed by atoms with Gasteiger partial charge in [-0.15, -0.1) is 5.10 Å². The van der Waals surface area contributed by atoms with Crippen LogP contribution in [0.1, 0.15) is 33.1 Å². The Hall–Kier alpha value is -1.89. The van der Waals surface area contributed by atoms with Crippen LogP contribution < -0.4 is 15.9 Å². The highest BCUT2D eigenvalue weighted by atomic mass is 16.2. The van der Waals surface area contributed by atoms with Crippen LogP contribution in [0.3, 0.4) is 0 Å². The number of hydrogen-bond acceptors (Lipinski definition) is 5. The van der Waals surface area contributed by atoms with Crippen molar-refractivity contribution in [1.29, 1.82) is 0 Å². The highest BCUT2D eigenvalue weighted by Crippen LogP contribution is 2.25. The molecule has 1 aliphatic heterocycles. The summed E-state index contributed by atoms with van der Waals surface area (Å²) in [4.78, 5) is 14.0. The van der Waals surface area contributed by atoms with Crippen molar-refractivity contribution < 1.29 is 0 Å². The standard InChI is InChI=1S/C14H22N6O/c1-3-15-10(2)11-6-4-5-9-19(11)13-8-7-12-16-17-14(21)20(12)18-13/h7-8,10-11,15H,3-6,9H2,1-2H3,(H,17,21). The number of H-pyrrole nitrogens is 1. The van der Waals surface area contributed by atoms with Crippen LogP contribution in [0.4, 0.5) is 5.82 Å². The zero-order valence-corrected chi connectivity index (χ0v) is 12.5. The van der Waals surface area contributed by atoms with Gasteiger partial charge in [-0.3, -0.25) is 0 Å². The second-order valence-corrected chi connectivity index (χ2v) is 5.59. The van der Waals surface area contributed by atoms with Crippen molar-refractivity contribution in [2.24, 2.45) is 0 Å². The molecule has 0 radical (unpaired) electrons. The summed E-state index contributed by atoms with van der Waals surface area (Å²) >= 11 is 0. The predicted octanol–water partition coefficient (Wildman–Crippen LogP) is 0.774. The van der Waals surface area contributed by atoms with E-state index in [9.17, 15) is 4.79 Å². The van der Waals surface area contributed by atoms with E-state index in [1.165, 1.54) is 10.9 Å². The minimum Gasteiger partial charge on any atom is -0.351 e. The number of aromatic amines is 1. The van der Waals surface area contributed by atoms with Gasteiger partial charge >= 0.3 is 5.69 Å². The average Bonchev–Trinajstić information content (AvgIpc) is 2.88. The smallest absolute Gasteiger partial charge is 0.351 e. The first-order valence-electron chi connectivity index (χ1n) is 7.65. The summed E-state index contributed by atoms with van der Waals surface area (Å²) in [6, 6.07) is 4.59. The molecule has 1 aliphatic rings. The molecular weight excluding hydrogens is 268 g/mol. The molecule has 0 aliphatic carbocycles. The first-order valence-corrected chi connectivity index (χ1v) is 7.65. The Bertz CT molecular complexity index is 663. The van der Waals surface area contributed by atoms with E-state index in [0.717, 1.165) is 31.7 Å². The van der Waals surface area contributed by atoms with Crippen molar-refractivity contribution in [3.8, 4) is 0 Å². The van der Waals surface area contributed by atoms with Crippen molar-refractivity contribution in [1.82, 2.24) is 25.1 Å². The fourth-order valence-electron chi connectivity index (χ4n) is 3.17. The van der Waals surface area contributed by atoms with Crippen molar-refractivity contribution in [2.45, 2.75) is 45.2 Å². The first kappa shape index (κ1) is 14.1. The summed E-state index contributed by atoms with van der Waals surface area (Å²) in [5, 5.41) is 14.3. The van der Waals surface area contributed by atoms with E-state index in [0.29, 0.717) is 17.7 Å².